The Morgan fingerprint density at radius 1 is 0.871 bits per heavy atom. The molecular formula is C23H22N4O4. The number of imide groups is 1. The van der Waals surface area contributed by atoms with Crippen LogP contribution in [0, 0.1) is 0 Å². The molecule has 0 aliphatic carbocycles. The summed E-state index contributed by atoms with van der Waals surface area (Å²) in [5.41, 5.74) is 7.31. The van der Waals surface area contributed by atoms with Crippen molar-refractivity contribution >= 4 is 29.2 Å². The quantitative estimate of drug-likeness (QED) is 0.469. The number of benzene rings is 3. The third kappa shape index (κ3) is 5.60. The molecule has 3 aromatic carbocycles. The van der Waals surface area contributed by atoms with Crippen LogP contribution in [-0.4, -0.2) is 25.0 Å². The van der Waals surface area contributed by atoms with Gasteiger partial charge in [0, 0.05) is 11.3 Å². The number of primary amides is 1. The van der Waals surface area contributed by atoms with Crippen molar-refractivity contribution in [1.29, 1.82) is 0 Å². The number of carbonyl (C=O) groups excluding carboxylic acids is 3. The molecule has 0 unspecified atom stereocenters. The van der Waals surface area contributed by atoms with Crippen LogP contribution in [0.15, 0.2) is 78.9 Å². The van der Waals surface area contributed by atoms with Crippen molar-refractivity contribution in [3.8, 4) is 5.75 Å². The number of methoxy groups -OCH3 is 1. The Kier molecular flexibility index (Phi) is 6.85. The smallest absolute Gasteiger partial charge is 0.318 e. The highest BCUT2D eigenvalue weighted by Gasteiger charge is 2.21. The Bertz CT molecular complexity index is 1070. The van der Waals surface area contributed by atoms with Crippen LogP contribution in [0.3, 0.4) is 0 Å². The molecule has 4 amide bonds. The molecule has 5 N–H and O–H groups in total. The molecule has 8 heteroatoms. The number of hydrogen-bond donors (Lipinski definition) is 4. The van der Waals surface area contributed by atoms with E-state index in [0.29, 0.717) is 28.3 Å². The minimum Gasteiger partial charge on any atom is -0.495 e. The first-order valence-corrected chi connectivity index (χ1v) is 9.44. The molecule has 1 atom stereocenters. The first kappa shape index (κ1) is 21.4. The maximum absolute atomic E-state index is 12.6. The Balaban J connectivity index is 1.75. The number of hydrogen-bond acceptors (Lipinski definition) is 5. The lowest BCUT2D eigenvalue weighted by Crippen LogP contribution is -2.40. The van der Waals surface area contributed by atoms with Gasteiger partial charge in [-0.25, -0.2) is 4.79 Å². The number of carbonyl (C=O) groups is 3. The number of nitrogens with one attached hydrogen (secondary N) is 3. The van der Waals surface area contributed by atoms with Gasteiger partial charge in [-0.2, -0.15) is 0 Å². The van der Waals surface area contributed by atoms with E-state index in [1.54, 1.807) is 66.7 Å². The summed E-state index contributed by atoms with van der Waals surface area (Å²) in [6.45, 7) is 0. The highest BCUT2D eigenvalue weighted by molar-refractivity contribution is 6.05. The monoisotopic (exact) mass is 418 g/mol. The lowest BCUT2D eigenvalue weighted by molar-refractivity contribution is -0.120. The van der Waals surface area contributed by atoms with Crippen molar-refractivity contribution in [1.82, 2.24) is 5.32 Å². The number of amides is 4. The van der Waals surface area contributed by atoms with Gasteiger partial charge in [0.25, 0.3) is 11.8 Å². The van der Waals surface area contributed by atoms with Crippen LogP contribution >= 0.6 is 0 Å². The average molecular weight is 418 g/mol. The van der Waals surface area contributed by atoms with Gasteiger partial charge in [0.15, 0.2) is 0 Å². The van der Waals surface area contributed by atoms with Crippen molar-refractivity contribution < 1.29 is 19.1 Å². The van der Waals surface area contributed by atoms with Gasteiger partial charge < -0.3 is 21.1 Å². The molecule has 0 spiro atoms. The van der Waals surface area contributed by atoms with Gasteiger partial charge in [-0.3, -0.25) is 14.9 Å². The minimum atomic E-state index is -0.934. The second kappa shape index (κ2) is 9.93. The van der Waals surface area contributed by atoms with E-state index >= 15 is 0 Å². The summed E-state index contributed by atoms with van der Waals surface area (Å²) in [4.78, 5) is 36.1. The normalized spacial score (nSPS) is 11.1. The molecule has 0 bridgehead atoms. The van der Waals surface area contributed by atoms with Gasteiger partial charge in [0.1, 0.15) is 11.8 Å². The van der Waals surface area contributed by atoms with E-state index < -0.39 is 18.0 Å². The number of nitrogens with two attached hydrogens (primary N) is 1. The molecule has 0 heterocycles. The fraction of sp³-hybridized carbons (Fsp3) is 0.0870. The summed E-state index contributed by atoms with van der Waals surface area (Å²) in [6, 6.07) is 20.8. The van der Waals surface area contributed by atoms with E-state index in [1.807, 2.05) is 12.1 Å². The first-order valence-electron chi connectivity index (χ1n) is 9.44. The van der Waals surface area contributed by atoms with Crippen molar-refractivity contribution in [3.05, 3.63) is 90.0 Å². The predicted molar refractivity (Wildman–Crippen MR) is 118 cm³/mol. The van der Waals surface area contributed by atoms with Gasteiger partial charge in [-0.05, 0) is 42.0 Å². The Morgan fingerprint density at radius 2 is 1.52 bits per heavy atom. The van der Waals surface area contributed by atoms with Crippen LogP contribution in [0.25, 0.3) is 0 Å². The van der Waals surface area contributed by atoms with Gasteiger partial charge in [0.05, 0.1) is 12.8 Å². The molecule has 8 nitrogen and oxygen atoms in total. The lowest BCUT2D eigenvalue weighted by atomic mass is 10.1. The van der Waals surface area contributed by atoms with Gasteiger partial charge in [-0.15, -0.1) is 0 Å². The highest BCUT2D eigenvalue weighted by Crippen LogP contribution is 2.24. The average Bonchev–Trinajstić information content (AvgIpc) is 2.78. The molecule has 0 saturated heterocycles. The molecule has 0 saturated carbocycles. The highest BCUT2D eigenvalue weighted by atomic mass is 16.5. The molecule has 3 aromatic rings. The van der Waals surface area contributed by atoms with Crippen LogP contribution in [-0.2, 0) is 4.79 Å². The zero-order valence-corrected chi connectivity index (χ0v) is 16.8. The summed E-state index contributed by atoms with van der Waals surface area (Å²) in [5, 5.41) is 7.96. The zero-order valence-electron chi connectivity index (χ0n) is 16.8. The van der Waals surface area contributed by atoms with Crippen molar-refractivity contribution in [2.45, 2.75) is 6.04 Å². The SMILES string of the molecule is COc1ccccc1NC(=O)c1ccc(N[C@H](C(=O)NC(N)=O)c2ccccc2)cc1. The Morgan fingerprint density at radius 3 is 2.16 bits per heavy atom. The number of ether oxygens (including phenoxy) is 1. The molecule has 0 fully saturated rings. The largest absolute Gasteiger partial charge is 0.495 e. The summed E-state index contributed by atoms with van der Waals surface area (Å²) < 4.78 is 5.24. The maximum atomic E-state index is 12.6. The Hall–Kier alpha value is -4.33. The zero-order chi connectivity index (χ0) is 22.2. The number of anilines is 2. The van der Waals surface area contributed by atoms with E-state index in [9.17, 15) is 14.4 Å². The van der Waals surface area contributed by atoms with Crippen LogP contribution in [0.5, 0.6) is 5.75 Å². The van der Waals surface area contributed by atoms with Gasteiger partial charge in [0.2, 0.25) is 0 Å². The van der Waals surface area contributed by atoms with Crippen LogP contribution in [0.4, 0.5) is 16.2 Å². The molecule has 3 rings (SSSR count). The predicted octanol–water partition coefficient (Wildman–Crippen LogP) is 3.30. The van der Waals surface area contributed by atoms with Crippen molar-refractivity contribution in [3.63, 3.8) is 0 Å². The molecular weight excluding hydrogens is 396 g/mol. The first-order chi connectivity index (χ1) is 15.0. The van der Waals surface area contributed by atoms with E-state index in [0.717, 1.165) is 0 Å². The number of rotatable bonds is 7. The Labute approximate surface area is 179 Å². The van der Waals surface area contributed by atoms with Crippen LogP contribution in [0.1, 0.15) is 22.0 Å². The molecule has 158 valence electrons. The fourth-order valence-corrected chi connectivity index (χ4v) is 2.97. The van der Waals surface area contributed by atoms with E-state index in [-0.39, 0.29) is 5.91 Å². The van der Waals surface area contributed by atoms with E-state index in [2.05, 4.69) is 16.0 Å². The second-order valence-electron chi connectivity index (χ2n) is 6.57. The second-order valence-corrected chi connectivity index (χ2v) is 6.57. The van der Waals surface area contributed by atoms with E-state index in [4.69, 9.17) is 10.5 Å². The van der Waals surface area contributed by atoms with Gasteiger partial charge in [-0.1, -0.05) is 42.5 Å². The standard InChI is InChI=1S/C23H22N4O4/c1-31-19-10-6-5-9-18(19)26-21(28)16-11-13-17(14-12-16)25-20(22(29)27-23(24)30)15-7-3-2-4-8-15/h2-14,20,25H,1H3,(H,26,28)(H3,24,27,29,30)/t20-/m0/s1. The van der Waals surface area contributed by atoms with Crippen molar-refractivity contribution in [2.75, 3.05) is 17.7 Å². The molecule has 0 aliphatic rings. The third-order valence-corrected chi connectivity index (χ3v) is 4.45. The summed E-state index contributed by atoms with van der Waals surface area (Å²) >= 11 is 0. The fourth-order valence-electron chi connectivity index (χ4n) is 2.97. The maximum Gasteiger partial charge on any atom is 0.318 e. The summed E-state index contributed by atoms with van der Waals surface area (Å²) in [7, 11) is 1.53. The minimum absolute atomic E-state index is 0.304. The third-order valence-electron chi connectivity index (χ3n) is 4.45. The molecule has 0 aliphatic heterocycles. The van der Waals surface area contributed by atoms with Crippen molar-refractivity contribution in [2.24, 2.45) is 5.73 Å². The molecule has 31 heavy (non-hydrogen) atoms. The van der Waals surface area contributed by atoms with E-state index in [1.165, 1.54) is 7.11 Å². The van der Waals surface area contributed by atoms with Gasteiger partial charge >= 0.3 is 6.03 Å². The molecule has 0 aromatic heterocycles. The lowest BCUT2D eigenvalue weighted by Gasteiger charge is -2.19. The number of para-hydroxylation sites is 2. The van der Waals surface area contributed by atoms with Crippen LogP contribution in [0.2, 0.25) is 0 Å². The van der Waals surface area contributed by atoms with Crippen LogP contribution < -0.4 is 26.4 Å². The summed E-state index contributed by atoms with van der Waals surface area (Å²) in [6.07, 6.45) is 0. The number of urea groups is 1. The molecule has 0 radical (unpaired) electrons. The topological polar surface area (TPSA) is 123 Å². The summed E-state index contributed by atoms with van der Waals surface area (Å²) in [5.74, 6) is -0.334.